The molecule has 8 nitrogen and oxygen atoms in total. The van der Waals surface area contributed by atoms with Crippen molar-refractivity contribution in [3.05, 3.63) is 64.9 Å². The number of methoxy groups -OCH3 is 1. The van der Waals surface area contributed by atoms with Gasteiger partial charge in [0, 0.05) is 30.0 Å². The number of rotatable bonds is 8. The van der Waals surface area contributed by atoms with E-state index < -0.39 is 0 Å². The van der Waals surface area contributed by atoms with Gasteiger partial charge in [-0.05, 0) is 32.6 Å². The summed E-state index contributed by atoms with van der Waals surface area (Å²) in [4.78, 5) is 29.4. The number of hydrogen-bond acceptors (Lipinski definition) is 6. The van der Waals surface area contributed by atoms with E-state index in [0.29, 0.717) is 42.5 Å². The van der Waals surface area contributed by atoms with Gasteiger partial charge in [0.2, 0.25) is 5.91 Å². The number of aromatic nitrogens is 3. The standard InChI is InChI=1S/C24H28N4O4/c1-4-28-22(29)11-21(16(2)27-28)32-15-24(17-8-6-5-7-9-17)12-20(24)23(30)26-18-10-19(31-3)14-25-13-18/h5-8,10-11,13-14,17,20H,4,9,12,15H2,1-3H3,(H,26,30)/t17?,20-,24+/m0/s1. The lowest BCUT2D eigenvalue weighted by atomic mass is 9.82. The first-order valence-corrected chi connectivity index (χ1v) is 10.8. The molecule has 2 heterocycles. The summed E-state index contributed by atoms with van der Waals surface area (Å²) in [5.74, 6) is 0.953. The zero-order valence-corrected chi connectivity index (χ0v) is 18.6. The van der Waals surface area contributed by atoms with Gasteiger partial charge >= 0.3 is 0 Å². The van der Waals surface area contributed by atoms with E-state index in [1.807, 2.05) is 26.0 Å². The van der Waals surface area contributed by atoms with Gasteiger partial charge < -0.3 is 14.8 Å². The van der Waals surface area contributed by atoms with Crippen molar-refractivity contribution >= 4 is 11.6 Å². The molecule has 0 bridgehead atoms. The molecule has 3 atom stereocenters. The van der Waals surface area contributed by atoms with Crippen LogP contribution >= 0.6 is 0 Å². The molecule has 32 heavy (non-hydrogen) atoms. The molecule has 0 radical (unpaired) electrons. The van der Waals surface area contributed by atoms with Crippen LogP contribution in [0.3, 0.4) is 0 Å². The molecule has 2 aliphatic rings. The second-order valence-electron chi connectivity index (χ2n) is 8.28. The number of nitrogens with one attached hydrogen (secondary N) is 1. The van der Waals surface area contributed by atoms with Crippen LogP contribution in [0.2, 0.25) is 0 Å². The van der Waals surface area contributed by atoms with Gasteiger partial charge in [-0.1, -0.05) is 24.3 Å². The maximum Gasteiger partial charge on any atom is 0.270 e. The van der Waals surface area contributed by atoms with E-state index in [1.54, 1.807) is 25.6 Å². The summed E-state index contributed by atoms with van der Waals surface area (Å²) < 4.78 is 12.7. The summed E-state index contributed by atoms with van der Waals surface area (Å²) in [6.07, 6.45) is 13.0. The molecule has 1 amide bonds. The molecule has 0 aromatic carbocycles. The Kier molecular flexibility index (Phi) is 6.12. The van der Waals surface area contributed by atoms with Crippen molar-refractivity contribution in [2.24, 2.45) is 17.3 Å². The van der Waals surface area contributed by atoms with Gasteiger partial charge in [0.1, 0.15) is 17.2 Å². The Balaban J connectivity index is 1.52. The van der Waals surface area contributed by atoms with Crippen molar-refractivity contribution in [2.75, 3.05) is 19.0 Å². The van der Waals surface area contributed by atoms with Crippen molar-refractivity contribution in [2.45, 2.75) is 33.2 Å². The molecular weight excluding hydrogens is 408 g/mol. The minimum Gasteiger partial charge on any atom is -0.495 e. The van der Waals surface area contributed by atoms with Crippen molar-refractivity contribution in [3.63, 3.8) is 0 Å². The first-order valence-electron chi connectivity index (χ1n) is 10.8. The van der Waals surface area contributed by atoms with E-state index in [0.717, 1.165) is 6.42 Å². The number of pyridine rings is 1. The zero-order valence-electron chi connectivity index (χ0n) is 18.6. The third kappa shape index (κ3) is 4.30. The molecule has 1 N–H and O–H groups in total. The molecule has 2 aromatic heterocycles. The van der Waals surface area contributed by atoms with Crippen LogP contribution in [0.15, 0.2) is 53.6 Å². The fraction of sp³-hybridized carbons (Fsp3) is 0.417. The third-order valence-corrected chi connectivity index (χ3v) is 6.30. The van der Waals surface area contributed by atoms with Crippen LogP contribution in [-0.4, -0.2) is 34.4 Å². The van der Waals surface area contributed by atoms with Crippen LogP contribution < -0.4 is 20.3 Å². The van der Waals surface area contributed by atoms with Crippen LogP contribution in [0.1, 0.15) is 25.5 Å². The van der Waals surface area contributed by atoms with Gasteiger partial charge in [-0.3, -0.25) is 14.6 Å². The maximum absolute atomic E-state index is 13.1. The number of amides is 1. The van der Waals surface area contributed by atoms with E-state index in [2.05, 4.69) is 27.6 Å². The Hall–Kier alpha value is -3.42. The van der Waals surface area contributed by atoms with E-state index >= 15 is 0 Å². The predicted octanol–water partition coefficient (Wildman–Crippen LogP) is 3.13. The van der Waals surface area contributed by atoms with E-state index in [9.17, 15) is 9.59 Å². The lowest BCUT2D eigenvalue weighted by molar-refractivity contribution is -0.118. The fourth-order valence-electron chi connectivity index (χ4n) is 4.34. The maximum atomic E-state index is 13.1. The number of carbonyl (C=O) groups excluding carboxylic acids is 1. The highest BCUT2D eigenvalue weighted by molar-refractivity contribution is 5.95. The SMILES string of the molecule is CCn1nc(C)c(OC[C@@]2(C3C=CC=CC3)C[C@H]2C(=O)Nc2cncc(OC)c2)cc1=O. The average Bonchev–Trinajstić information content (AvgIpc) is 3.56. The smallest absolute Gasteiger partial charge is 0.270 e. The molecule has 0 saturated heterocycles. The second kappa shape index (κ2) is 8.98. The summed E-state index contributed by atoms with van der Waals surface area (Å²) in [6.45, 7) is 4.54. The van der Waals surface area contributed by atoms with Crippen molar-refractivity contribution in [3.8, 4) is 11.5 Å². The topological polar surface area (TPSA) is 95.3 Å². The van der Waals surface area contributed by atoms with Gasteiger partial charge in [-0.15, -0.1) is 0 Å². The first-order chi connectivity index (χ1) is 15.5. The van der Waals surface area contributed by atoms with Crippen LogP contribution in [0.25, 0.3) is 0 Å². The van der Waals surface area contributed by atoms with Gasteiger partial charge in [0.25, 0.3) is 5.56 Å². The number of hydrogen-bond donors (Lipinski definition) is 1. The Morgan fingerprint density at radius 1 is 1.31 bits per heavy atom. The number of allylic oxidation sites excluding steroid dienone is 4. The minimum atomic E-state index is -0.344. The van der Waals surface area contributed by atoms with Gasteiger partial charge in [0.15, 0.2) is 0 Å². The fourth-order valence-corrected chi connectivity index (χ4v) is 4.34. The first kappa shape index (κ1) is 21.8. The molecule has 0 spiro atoms. The van der Waals surface area contributed by atoms with Gasteiger partial charge in [0.05, 0.1) is 31.8 Å². The number of ether oxygens (including phenoxy) is 2. The molecular formula is C24H28N4O4. The van der Waals surface area contributed by atoms with Gasteiger partial charge in [-0.2, -0.15) is 5.10 Å². The highest BCUT2D eigenvalue weighted by Gasteiger charge is 2.62. The average molecular weight is 437 g/mol. The summed E-state index contributed by atoms with van der Waals surface area (Å²) in [5, 5.41) is 7.27. The van der Waals surface area contributed by atoms with Crippen molar-refractivity contribution in [1.29, 1.82) is 0 Å². The van der Waals surface area contributed by atoms with Crippen LogP contribution in [0.4, 0.5) is 5.69 Å². The highest BCUT2D eigenvalue weighted by Crippen LogP contribution is 2.60. The van der Waals surface area contributed by atoms with Crippen LogP contribution in [0.5, 0.6) is 11.5 Å². The van der Waals surface area contributed by atoms with Crippen LogP contribution in [-0.2, 0) is 11.3 Å². The number of nitrogens with zero attached hydrogens (tertiary/aromatic N) is 3. The molecule has 1 fully saturated rings. The summed E-state index contributed by atoms with van der Waals surface area (Å²) in [6, 6.07) is 3.22. The summed E-state index contributed by atoms with van der Waals surface area (Å²) in [7, 11) is 1.56. The lowest BCUT2D eigenvalue weighted by Gasteiger charge is -2.26. The van der Waals surface area contributed by atoms with E-state index in [-0.39, 0.29) is 28.7 Å². The molecule has 2 aromatic rings. The summed E-state index contributed by atoms with van der Waals surface area (Å²) >= 11 is 0. The van der Waals surface area contributed by atoms with Crippen LogP contribution in [0, 0.1) is 24.2 Å². The highest BCUT2D eigenvalue weighted by atomic mass is 16.5. The molecule has 168 valence electrons. The monoisotopic (exact) mass is 436 g/mol. The van der Waals surface area contributed by atoms with E-state index in [1.165, 1.54) is 10.7 Å². The van der Waals surface area contributed by atoms with Gasteiger partial charge in [-0.25, -0.2) is 4.68 Å². The second-order valence-corrected chi connectivity index (χ2v) is 8.28. The lowest BCUT2D eigenvalue weighted by Crippen LogP contribution is -2.30. The van der Waals surface area contributed by atoms with Crippen molar-refractivity contribution < 1.29 is 14.3 Å². The number of anilines is 1. The molecule has 0 aliphatic heterocycles. The molecule has 1 unspecified atom stereocenters. The third-order valence-electron chi connectivity index (χ3n) is 6.30. The Bertz CT molecular complexity index is 1120. The largest absolute Gasteiger partial charge is 0.495 e. The number of carbonyl (C=O) groups is 1. The minimum absolute atomic E-state index is 0.0668. The normalized spacial score (nSPS) is 23.6. The molecule has 2 aliphatic carbocycles. The molecule has 1 saturated carbocycles. The zero-order chi connectivity index (χ0) is 22.7. The Labute approximate surface area is 187 Å². The number of aryl methyl sites for hydroxylation is 2. The van der Waals surface area contributed by atoms with E-state index in [4.69, 9.17) is 9.47 Å². The van der Waals surface area contributed by atoms with Crippen molar-refractivity contribution in [1.82, 2.24) is 14.8 Å². The Morgan fingerprint density at radius 3 is 2.88 bits per heavy atom. The molecule has 8 heteroatoms. The Morgan fingerprint density at radius 2 is 2.16 bits per heavy atom. The summed E-state index contributed by atoms with van der Waals surface area (Å²) in [5.41, 5.74) is 0.713. The quantitative estimate of drug-likeness (QED) is 0.683. The molecule has 4 rings (SSSR count). The predicted molar refractivity (Wildman–Crippen MR) is 121 cm³/mol.